The number of halogens is 3. The van der Waals surface area contributed by atoms with Crippen LogP contribution in [0.3, 0.4) is 0 Å². The van der Waals surface area contributed by atoms with Gasteiger partial charge >= 0.3 is 0 Å². The lowest BCUT2D eigenvalue weighted by Gasteiger charge is -1.99. The minimum atomic E-state index is -0.312. The summed E-state index contributed by atoms with van der Waals surface area (Å²) in [7, 11) is 0. The Morgan fingerprint density at radius 1 is 1.50 bits per heavy atom. The van der Waals surface area contributed by atoms with Crippen LogP contribution in [0.2, 0.25) is 5.02 Å². The molecular weight excluding hydrogens is 265 g/mol. The van der Waals surface area contributed by atoms with Crippen LogP contribution < -0.4 is 0 Å². The van der Waals surface area contributed by atoms with Gasteiger partial charge in [-0.25, -0.2) is 4.39 Å². The van der Waals surface area contributed by atoms with Gasteiger partial charge in [0.2, 0.25) is 0 Å². The summed E-state index contributed by atoms with van der Waals surface area (Å²) < 4.78 is 13.8. The van der Waals surface area contributed by atoms with Crippen molar-refractivity contribution in [3.8, 4) is 0 Å². The first-order chi connectivity index (χ1) is 4.63. The summed E-state index contributed by atoms with van der Waals surface area (Å²) in [6, 6.07) is 3.35. The Kier molecular flexibility index (Phi) is 2.52. The van der Waals surface area contributed by atoms with E-state index in [9.17, 15) is 4.39 Å². The Morgan fingerprint density at radius 2 is 2.10 bits per heavy atom. The van der Waals surface area contributed by atoms with E-state index in [0.29, 0.717) is 5.56 Å². The maximum absolute atomic E-state index is 12.9. The van der Waals surface area contributed by atoms with Crippen molar-refractivity contribution in [2.75, 3.05) is 0 Å². The fourth-order valence-corrected chi connectivity index (χ4v) is 1.25. The Morgan fingerprint density at radius 3 is 2.60 bits per heavy atom. The molecule has 0 aliphatic carbocycles. The maximum Gasteiger partial charge on any atom is 0.145 e. The molecule has 3 heteroatoms. The van der Waals surface area contributed by atoms with Gasteiger partial charge in [0.15, 0.2) is 0 Å². The standard InChI is InChI=1S/C7H5ClFI/c1-4-6(10)3-2-5(8)7(4)9/h2-3H,1H3. The van der Waals surface area contributed by atoms with Gasteiger partial charge in [0, 0.05) is 3.57 Å². The van der Waals surface area contributed by atoms with Crippen LogP contribution >= 0.6 is 34.2 Å². The minimum Gasteiger partial charge on any atom is -0.205 e. The van der Waals surface area contributed by atoms with Crippen LogP contribution in [0.4, 0.5) is 4.39 Å². The van der Waals surface area contributed by atoms with E-state index < -0.39 is 0 Å². The SMILES string of the molecule is Cc1c(I)ccc(Cl)c1F. The lowest BCUT2D eigenvalue weighted by Crippen LogP contribution is -1.86. The van der Waals surface area contributed by atoms with Crippen molar-refractivity contribution < 1.29 is 4.39 Å². The summed E-state index contributed by atoms with van der Waals surface area (Å²) in [4.78, 5) is 0. The first kappa shape index (κ1) is 8.27. The summed E-state index contributed by atoms with van der Waals surface area (Å²) in [6.45, 7) is 1.71. The first-order valence-electron chi connectivity index (χ1n) is 2.73. The van der Waals surface area contributed by atoms with Crippen molar-refractivity contribution >= 4 is 34.2 Å². The summed E-state index contributed by atoms with van der Waals surface area (Å²) in [5, 5.41) is 0.193. The van der Waals surface area contributed by atoms with E-state index in [0.717, 1.165) is 3.57 Å². The van der Waals surface area contributed by atoms with Crippen LogP contribution in [0, 0.1) is 16.3 Å². The normalized spacial score (nSPS) is 10.0. The van der Waals surface area contributed by atoms with E-state index in [1.807, 2.05) is 0 Å². The molecule has 0 aliphatic rings. The molecule has 0 saturated heterocycles. The third-order valence-corrected chi connectivity index (χ3v) is 2.73. The molecule has 0 aliphatic heterocycles. The van der Waals surface area contributed by atoms with Gasteiger partial charge in [-0.15, -0.1) is 0 Å². The molecule has 1 aromatic carbocycles. The van der Waals surface area contributed by atoms with Crippen LogP contribution in [0.5, 0.6) is 0 Å². The molecule has 54 valence electrons. The Bertz CT molecular complexity index is 233. The maximum atomic E-state index is 12.9. The molecule has 0 fully saturated rings. The molecule has 0 nitrogen and oxygen atoms in total. The molecule has 1 aromatic rings. The van der Waals surface area contributed by atoms with E-state index in [4.69, 9.17) is 11.6 Å². The highest BCUT2D eigenvalue weighted by atomic mass is 127. The average Bonchev–Trinajstić information content (AvgIpc) is 1.93. The van der Waals surface area contributed by atoms with Gasteiger partial charge in [-0.2, -0.15) is 0 Å². The summed E-state index contributed by atoms with van der Waals surface area (Å²) in [5.41, 5.74) is 0.619. The summed E-state index contributed by atoms with van der Waals surface area (Å²) in [5.74, 6) is -0.312. The molecule has 0 saturated carbocycles. The van der Waals surface area contributed by atoms with Gasteiger partial charge in [-0.05, 0) is 47.2 Å². The van der Waals surface area contributed by atoms with E-state index in [1.54, 1.807) is 19.1 Å². The second kappa shape index (κ2) is 3.05. The van der Waals surface area contributed by atoms with Crippen molar-refractivity contribution in [3.63, 3.8) is 0 Å². The lowest BCUT2D eigenvalue weighted by molar-refractivity contribution is 0.617. The quantitative estimate of drug-likeness (QED) is 0.501. The largest absolute Gasteiger partial charge is 0.205 e. The van der Waals surface area contributed by atoms with E-state index in [-0.39, 0.29) is 10.8 Å². The van der Waals surface area contributed by atoms with Gasteiger partial charge in [0.25, 0.3) is 0 Å². The summed E-state index contributed by atoms with van der Waals surface area (Å²) in [6.07, 6.45) is 0. The second-order valence-electron chi connectivity index (χ2n) is 1.97. The van der Waals surface area contributed by atoms with Crippen LogP contribution in [0.1, 0.15) is 5.56 Å². The van der Waals surface area contributed by atoms with Gasteiger partial charge in [0.05, 0.1) is 5.02 Å². The fraction of sp³-hybridized carbons (Fsp3) is 0.143. The molecule has 0 amide bonds. The highest BCUT2D eigenvalue weighted by molar-refractivity contribution is 14.1. The van der Waals surface area contributed by atoms with Crippen LogP contribution in [0.15, 0.2) is 12.1 Å². The van der Waals surface area contributed by atoms with Gasteiger partial charge < -0.3 is 0 Å². The molecule has 0 heterocycles. The molecule has 0 atom stereocenters. The van der Waals surface area contributed by atoms with Crippen LogP contribution in [-0.4, -0.2) is 0 Å². The second-order valence-corrected chi connectivity index (χ2v) is 3.54. The van der Waals surface area contributed by atoms with Crippen molar-refractivity contribution in [1.82, 2.24) is 0 Å². The summed E-state index contributed by atoms with van der Waals surface area (Å²) >= 11 is 7.58. The lowest BCUT2D eigenvalue weighted by atomic mass is 10.2. The van der Waals surface area contributed by atoms with E-state index >= 15 is 0 Å². The third-order valence-electron chi connectivity index (χ3n) is 1.27. The zero-order valence-electron chi connectivity index (χ0n) is 5.29. The molecule has 1 rings (SSSR count). The topological polar surface area (TPSA) is 0 Å². The number of hydrogen-bond acceptors (Lipinski definition) is 0. The highest BCUT2D eigenvalue weighted by Gasteiger charge is 2.04. The monoisotopic (exact) mass is 270 g/mol. The molecular formula is C7H5ClFI. The van der Waals surface area contributed by atoms with E-state index in [1.165, 1.54) is 0 Å². The minimum absolute atomic E-state index is 0.193. The van der Waals surface area contributed by atoms with Crippen molar-refractivity contribution in [2.45, 2.75) is 6.92 Å². The van der Waals surface area contributed by atoms with Gasteiger partial charge in [-0.3, -0.25) is 0 Å². The highest BCUT2D eigenvalue weighted by Crippen LogP contribution is 2.21. The smallest absolute Gasteiger partial charge is 0.145 e. The van der Waals surface area contributed by atoms with Gasteiger partial charge in [0.1, 0.15) is 5.82 Å². The predicted octanol–water partition coefficient (Wildman–Crippen LogP) is 3.39. The molecule has 10 heavy (non-hydrogen) atoms. The number of rotatable bonds is 0. The number of benzene rings is 1. The predicted molar refractivity (Wildman–Crippen MR) is 48.9 cm³/mol. The van der Waals surface area contributed by atoms with Crippen LogP contribution in [-0.2, 0) is 0 Å². The Labute approximate surface area is 77.5 Å². The fourth-order valence-electron chi connectivity index (χ4n) is 0.628. The zero-order chi connectivity index (χ0) is 7.72. The molecule has 0 unspecified atom stereocenters. The molecule has 0 radical (unpaired) electrons. The molecule has 0 bridgehead atoms. The molecule has 0 spiro atoms. The van der Waals surface area contributed by atoms with Crippen molar-refractivity contribution in [3.05, 3.63) is 32.1 Å². The average molecular weight is 270 g/mol. The number of hydrogen-bond donors (Lipinski definition) is 0. The third kappa shape index (κ3) is 1.42. The van der Waals surface area contributed by atoms with Crippen molar-refractivity contribution in [1.29, 1.82) is 0 Å². The van der Waals surface area contributed by atoms with E-state index in [2.05, 4.69) is 22.6 Å². The Balaban J connectivity index is 3.34. The first-order valence-corrected chi connectivity index (χ1v) is 4.18. The molecule has 0 N–H and O–H groups in total. The Hall–Kier alpha value is 0.170. The van der Waals surface area contributed by atoms with Crippen molar-refractivity contribution in [2.24, 2.45) is 0 Å². The molecule has 0 aromatic heterocycles. The van der Waals surface area contributed by atoms with Crippen LogP contribution in [0.25, 0.3) is 0 Å². The van der Waals surface area contributed by atoms with Gasteiger partial charge in [-0.1, -0.05) is 11.6 Å². The zero-order valence-corrected chi connectivity index (χ0v) is 8.20.